The smallest absolute Gasteiger partial charge is 0.394 e. The molecule has 6 atom stereocenters. The minimum absolute atomic E-state index is 0.0446. The van der Waals surface area contributed by atoms with Crippen LogP contribution >= 0.6 is 0 Å². The zero-order chi connectivity index (χ0) is 23.4. The van der Waals surface area contributed by atoms with Crippen molar-refractivity contribution in [2.24, 2.45) is 0 Å². The van der Waals surface area contributed by atoms with Crippen molar-refractivity contribution in [3.63, 3.8) is 0 Å². The zero-order valence-electron chi connectivity index (χ0n) is 15.8. The van der Waals surface area contributed by atoms with E-state index in [0.29, 0.717) is 12.1 Å². The van der Waals surface area contributed by atoms with Gasteiger partial charge in [-0.1, -0.05) is 0 Å². The maximum Gasteiger partial charge on any atom is 0.416 e. The third-order valence-electron chi connectivity index (χ3n) is 4.31. The molecule has 0 fully saturated rings. The number of hydrogen-bond acceptors (Lipinski definition) is 7. The average molecular weight is 451 g/mol. The number of benzene rings is 1. The number of rotatable bonds is 9. The predicted octanol–water partition coefficient (Wildman–Crippen LogP) is 0.783. The summed E-state index contributed by atoms with van der Waals surface area (Å²) in [7, 11) is 1.20. The van der Waals surface area contributed by atoms with Crippen molar-refractivity contribution in [3.8, 4) is 0 Å². The molecule has 1 aromatic rings. The van der Waals surface area contributed by atoms with Gasteiger partial charge in [-0.05, 0) is 37.7 Å². The van der Waals surface area contributed by atoms with Crippen LogP contribution in [0.15, 0.2) is 18.2 Å². The lowest BCUT2D eigenvalue weighted by molar-refractivity contribution is -0.166. The summed E-state index contributed by atoms with van der Waals surface area (Å²) in [4.78, 5) is 0. The normalized spacial score (nSPS) is 19.1. The third kappa shape index (κ3) is 6.77. The van der Waals surface area contributed by atoms with Gasteiger partial charge in [-0.3, -0.25) is 5.32 Å². The van der Waals surface area contributed by atoms with Crippen molar-refractivity contribution in [1.29, 1.82) is 0 Å². The molecule has 0 unspecified atom stereocenters. The van der Waals surface area contributed by atoms with E-state index in [0.717, 1.165) is 6.92 Å². The molecule has 7 nitrogen and oxygen atoms in total. The average Bonchev–Trinajstić information content (AvgIpc) is 2.67. The SMILES string of the molecule is CN[C@H](O[C@H](C)c1cc(C(F)(F)F)cc(C(F)(F)F)c1)[C@H](O)[C@@H](O)[C@H](O)[C@H](O)CO. The number of likely N-dealkylation sites (N-methyl/N-ethyl adjacent to an activating group) is 1. The molecule has 0 radical (unpaired) electrons. The van der Waals surface area contributed by atoms with Gasteiger partial charge < -0.3 is 30.3 Å². The van der Waals surface area contributed by atoms with E-state index in [1.54, 1.807) is 0 Å². The first-order valence-corrected chi connectivity index (χ1v) is 8.58. The summed E-state index contributed by atoms with van der Waals surface area (Å²) in [6.07, 6.45) is -21.0. The summed E-state index contributed by atoms with van der Waals surface area (Å²) >= 11 is 0. The predicted molar refractivity (Wildman–Crippen MR) is 89.9 cm³/mol. The minimum atomic E-state index is -5.06. The standard InChI is InChI=1S/C17H23F6NO6/c1-7(30-15(24-2)14(29)13(28)12(27)11(26)6-25)8-3-9(16(18,19)20)5-10(4-8)17(21,22)23/h3-5,7,11-15,24-29H,6H2,1-2H3/t7-,11-,12-,13+,14-,15-/m1/s1. The Bertz CT molecular complexity index is 653. The van der Waals surface area contributed by atoms with Gasteiger partial charge in [0.05, 0.1) is 23.8 Å². The van der Waals surface area contributed by atoms with Gasteiger partial charge >= 0.3 is 12.4 Å². The Balaban J connectivity index is 3.15. The van der Waals surface area contributed by atoms with Gasteiger partial charge in [0.1, 0.15) is 30.6 Å². The van der Waals surface area contributed by atoms with Crippen molar-refractivity contribution in [3.05, 3.63) is 34.9 Å². The van der Waals surface area contributed by atoms with E-state index < -0.39 is 72.4 Å². The summed E-state index contributed by atoms with van der Waals surface area (Å²) in [6.45, 7) is 0.176. The van der Waals surface area contributed by atoms with Crippen LogP contribution in [0.4, 0.5) is 26.3 Å². The lowest BCUT2D eigenvalue weighted by Gasteiger charge is -2.32. The first kappa shape index (κ1) is 26.6. The van der Waals surface area contributed by atoms with E-state index in [9.17, 15) is 46.8 Å². The molecule has 0 saturated heterocycles. The Morgan fingerprint density at radius 2 is 1.33 bits per heavy atom. The second-order valence-corrected chi connectivity index (χ2v) is 6.55. The maximum atomic E-state index is 13.0. The van der Waals surface area contributed by atoms with Gasteiger partial charge in [0.25, 0.3) is 0 Å². The van der Waals surface area contributed by atoms with Gasteiger partial charge in [-0.15, -0.1) is 0 Å². The van der Waals surface area contributed by atoms with Gasteiger partial charge in [-0.2, -0.15) is 26.3 Å². The quantitative estimate of drug-likeness (QED) is 0.242. The van der Waals surface area contributed by atoms with Gasteiger partial charge in [0.2, 0.25) is 0 Å². The molecule has 174 valence electrons. The Labute approximate surface area is 167 Å². The first-order chi connectivity index (χ1) is 13.6. The second-order valence-electron chi connectivity index (χ2n) is 6.55. The van der Waals surface area contributed by atoms with Crippen LogP contribution in [0.25, 0.3) is 0 Å². The van der Waals surface area contributed by atoms with Crippen molar-refractivity contribution in [2.75, 3.05) is 13.7 Å². The summed E-state index contributed by atoms with van der Waals surface area (Å²) in [6, 6.07) is 0.872. The molecule has 0 aliphatic rings. The number of ether oxygens (including phenoxy) is 1. The number of hydrogen-bond donors (Lipinski definition) is 6. The highest BCUT2D eigenvalue weighted by molar-refractivity contribution is 5.34. The van der Waals surface area contributed by atoms with Crippen molar-refractivity contribution >= 4 is 0 Å². The van der Waals surface area contributed by atoms with Crippen molar-refractivity contribution in [2.45, 2.75) is 56.0 Å². The van der Waals surface area contributed by atoms with E-state index in [1.165, 1.54) is 7.05 Å². The number of nitrogens with one attached hydrogen (secondary N) is 1. The number of aliphatic hydroxyl groups excluding tert-OH is 5. The summed E-state index contributed by atoms with van der Waals surface area (Å²) in [5.74, 6) is 0. The van der Waals surface area contributed by atoms with E-state index in [2.05, 4.69) is 5.32 Å². The molecular formula is C17H23F6NO6. The topological polar surface area (TPSA) is 122 Å². The van der Waals surface area contributed by atoms with Gasteiger partial charge in [0.15, 0.2) is 0 Å². The highest BCUT2D eigenvalue weighted by Gasteiger charge is 2.39. The molecule has 30 heavy (non-hydrogen) atoms. The van der Waals surface area contributed by atoms with Crippen molar-refractivity contribution in [1.82, 2.24) is 5.32 Å². The first-order valence-electron chi connectivity index (χ1n) is 8.58. The molecule has 13 heteroatoms. The van der Waals surface area contributed by atoms with Crippen LogP contribution in [-0.2, 0) is 17.1 Å². The summed E-state index contributed by atoms with van der Waals surface area (Å²) in [5.41, 5.74) is -3.60. The molecule has 0 amide bonds. The number of aliphatic hydroxyl groups is 5. The van der Waals surface area contributed by atoms with Crippen LogP contribution < -0.4 is 5.32 Å². The van der Waals surface area contributed by atoms with Crippen LogP contribution in [-0.4, -0.2) is 69.8 Å². The van der Waals surface area contributed by atoms with Crippen LogP contribution in [0.5, 0.6) is 0 Å². The van der Waals surface area contributed by atoms with Crippen LogP contribution in [0.1, 0.15) is 29.7 Å². The van der Waals surface area contributed by atoms with Crippen LogP contribution in [0.3, 0.4) is 0 Å². The highest BCUT2D eigenvalue weighted by atomic mass is 19.4. The molecule has 0 bridgehead atoms. The Morgan fingerprint density at radius 1 is 0.867 bits per heavy atom. The maximum absolute atomic E-state index is 13.0. The minimum Gasteiger partial charge on any atom is -0.394 e. The molecule has 0 aromatic heterocycles. The second kappa shape index (κ2) is 10.2. The lowest BCUT2D eigenvalue weighted by atomic mass is 10.0. The molecule has 0 aliphatic carbocycles. The number of alkyl halides is 6. The van der Waals surface area contributed by atoms with E-state index in [-0.39, 0.29) is 6.07 Å². The molecule has 0 heterocycles. The molecule has 6 N–H and O–H groups in total. The molecule has 0 saturated carbocycles. The lowest BCUT2D eigenvalue weighted by Crippen LogP contribution is -2.54. The van der Waals surface area contributed by atoms with E-state index in [4.69, 9.17) is 9.84 Å². The van der Waals surface area contributed by atoms with Crippen molar-refractivity contribution < 1.29 is 56.6 Å². The largest absolute Gasteiger partial charge is 0.416 e. The third-order valence-corrected chi connectivity index (χ3v) is 4.31. The zero-order valence-corrected chi connectivity index (χ0v) is 15.8. The molecule has 1 aromatic carbocycles. The fourth-order valence-electron chi connectivity index (χ4n) is 2.55. The highest BCUT2D eigenvalue weighted by Crippen LogP contribution is 2.38. The molecule has 1 rings (SSSR count). The summed E-state index contributed by atoms with van der Waals surface area (Å²) in [5, 5.41) is 50.1. The van der Waals surface area contributed by atoms with Gasteiger partial charge in [0, 0.05) is 0 Å². The Morgan fingerprint density at radius 3 is 1.70 bits per heavy atom. The molecule has 0 spiro atoms. The molecular weight excluding hydrogens is 428 g/mol. The van der Waals surface area contributed by atoms with E-state index in [1.807, 2.05) is 0 Å². The van der Waals surface area contributed by atoms with Gasteiger partial charge in [-0.25, -0.2) is 0 Å². The number of halogens is 6. The summed E-state index contributed by atoms with van der Waals surface area (Å²) < 4.78 is 83.2. The van der Waals surface area contributed by atoms with Crippen LogP contribution in [0, 0.1) is 0 Å². The fraction of sp³-hybridized carbons (Fsp3) is 0.647. The molecule has 0 aliphatic heterocycles. The van der Waals surface area contributed by atoms with E-state index >= 15 is 0 Å². The Kier molecular flexibility index (Phi) is 9.05. The monoisotopic (exact) mass is 451 g/mol. The fourth-order valence-corrected chi connectivity index (χ4v) is 2.55. The Hall–Kier alpha value is -1.48. The van der Waals surface area contributed by atoms with Crippen LogP contribution in [0.2, 0.25) is 0 Å².